The Labute approximate surface area is 104 Å². The summed E-state index contributed by atoms with van der Waals surface area (Å²) in [6.07, 6.45) is 1.94. The standard InChI is InChI=1S/C12H16ClNOS/c1-9-3-2-4-11(13)12(9)14-10-5-7-16(15)8-6-10/h2-4,10,14H,5-8H2,1H3. The summed E-state index contributed by atoms with van der Waals surface area (Å²) in [5, 5.41) is 4.24. The Morgan fingerprint density at radius 3 is 2.69 bits per heavy atom. The van der Waals surface area contributed by atoms with Crippen LogP contribution in [-0.4, -0.2) is 21.8 Å². The van der Waals surface area contributed by atoms with Crippen molar-refractivity contribution in [1.82, 2.24) is 0 Å². The molecule has 2 rings (SSSR count). The third-order valence-corrected chi connectivity index (χ3v) is 4.66. The third kappa shape index (κ3) is 2.77. The highest BCUT2D eigenvalue weighted by Gasteiger charge is 2.18. The fourth-order valence-corrected chi connectivity index (χ4v) is 3.53. The van der Waals surface area contributed by atoms with Gasteiger partial charge >= 0.3 is 0 Å². The van der Waals surface area contributed by atoms with Gasteiger partial charge in [0.15, 0.2) is 0 Å². The number of anilines is 1. The molecule has 0 radical (unpaired) electrons. The van der Waals surface area contributed by atoms with Crippen LogP contribution in [0.1, 0.15) is 18.4 Å². The predicted molar refractivity (Wildman–Crippen MR) is 70.7 cm³/mol. The molecule has 0 aromatic heterocycles. The van der Waals surface area contributed by atoms with Gasteiger partial charge in [0.2, 0.25) is 0 Å². The summed E-state index contributed by atoms with van der Waals surface area (Å²) >= 11 is 6.15. The smallest absolute Gasteiger partial charge is 0.0640 e. The Morgan fingerprint density at radius 2 is 2.06 bits per heavy atom. The fourth-order valence-electron chi connectivity index (χ4n) is 1.96. The van der Waals surface area contributed by atoms with Crippen LogP contribution < -0.4 is 5.32 Å². The number of aryl methyl sites for hydroxylation is 1. The summed E-state index contributed by atoms with van der Waals surface area (Å²) in [5.74, 6) is 1.61. The van der Waals surface area contributed by atoms with Gasteiger partial charge < -0.3 is 5.32 Å². The van der Waals surface area contributed by atoms with Crippen molar-refractivity contribution in [2.75, 3.05) is 16.8 Å². The fraction of sp³-hybridized carbons (Fsp3) is 0.500. The van der Waals surface area contributed by atoms with Crippen molar-refractivity contribution in [2.45, 2.75) is 25.8 Å². The normalized spacial score (nSPS) is 25.4. The quantitative estimate of drug-likeness (QED) is 0.883. The summed E-state index contributed by atoms with van der Waals surface area (Å²) < 4.78 is 11.3. The first-order chi connectivity index (χ1) is 7.66. The van der Waals surface area contributed by atoms with E-state index in [9.17, 15) is 4.21 Å². The van der Waals surface area contributed by atoms with E-state index in [2.05, 4.69) is 18.3 Å². The first kappa shape index (κ1) is 11.9. The van der Waals surface area contributed by atoms with Gasteiger partial charge in [-0.15, -0.1) is 0 Å². The number of hydrogen-bond acceptors (Lipinski definition) is 2. The van der Waals surface area contributed by atoms with Crippen LogP contribution in [0.5, 0.6) is 0 Å². The summed E-state index contributed by atoms with van der Waals surface area (Å²) in [6.45, 7) is 2.05. The van der Waals surface area contributed by atoms with E-state index in [0.717, 1.165) is 35.1 Å². The van der Waals surface area contributed by atoms with Crippen molar-refractivity contribution >= 4 is 28.1 Å². The van der Waals surface area contributed by atoms with E-state index in [-0.39, 0.29) is 0 Å². The molecule has 0 aliphatic carbocycles. The SMILES string of the molecule is Cc1cccc(Cl)c1NC1CCS(=O)CC1. The van der Waals surface area contributed by atoms with Gasteiger partial charge in [0.05, 0.1) is 10.7 Å². The average Bonchev–Trinajstić information content (AvgIpc) is 2.26. The second-order valence-corrected chi connectivity index (χ2v) is 6.30. The predicted octanol–water partition coefficient (Wildman–Crippen LogP) is 2.97. The zero-order valence-corrected chi connectivity index (χ0v) is 10.9. The molecule has 16 heavy (non-hydrogen) atoms. The summed E-state index contributed by atoms with van der Waals surface area (Å²) in [5.41, 5.74) is 2.20. The molecule has 1 saturated heterocycles. The van der Waals surface area contributed by atoms with Crippen molar-refractivity contribution in [3.05, 3.63) is 28.8 Å². The Kier molecular flexibility index (Phi) is 3.87. The Balaban J connectivity index is 2.06. The maximum atomic E-state index is 11.3. The topological polar surface area (TPSA) is 29.1 Å². The molecule has 1 aromatic carbocycles. The molecule has 0 unspecified atom stereocenters. The second kappa shape index (κ2) is 5.19. The number of benzene rings is 1. The maximum absolute atomic E-state index is 11.3. The monoisotopic (exact) mass is 257 g/mol. The van der Waals surface area contributed by atoms with Gasteiger partial charge in [0.25, 0.3) is 0 Å². The first-order valence-corrected chi connectivity index (χ1v) is 7.40. The summed E-state index contributed by atoms with van der Waals surface area (Å²) in [4.78, 5) is 0. The van der Waals surface area contributed by atoms with E-state index < -0.39 is 10.8 Å². The maximum Gasteiger partial charge on any atom is 0.0640 e. The lowest BCUT2D eigenvalue weighted by Gasteiger charge is -2.25. The molecule has 1 fully saturated rings. The Morgan fingerprint density at radius 1 is 1.38 bits per heavy atom. The van der Waals surface area contributed by atoms with E-state index >= 15 is 0 Å². The van der Waals surface area contributed by atoms with E-state index in [1.807, 2.05) is 12.1 Å². The molecule has 0 spiro atoms. The Bertz CT molecular complexity index is 378. The number of rotatable bonds is 2. The molecule has 1 heterocycles. The van der Waals surface area contributed by atoms with Crippen LogP contribution >= 0.6 is 11.6 Å². The third-order valence-electron chi connectivity index (χ3n) is 2.96. The van der Waals surface area contributed by atoms with E-state index in [1.165, 1.54) is 5.56 Å². The summed E-state index contributed by atoms with van der Waals surface area (Å²) in [6, 6.07) is 6.32. The molecular formula is C12H16ClNOS. The lowest BCUT2D eigenvalue weighted by molar-refractivity contribution is 0.624. The minimum atomic E-state index is -0.603. The van der Waals surface area contributed by atoms with Crippen molar-refractivity contribution in [1.29, 1.82) is 0 Å². The zero-order chi connectivity index (χ0) is 11.5. The number of para-hydroxylation sites is 1. The highest BCUT2D eigenvalue weighted by atomic mass is 35.5. The van der Waals surface area contributed by atoms with Gasteiger partial charge in [0.1, 0.15) is 0 Å². The van der Waals surface area contributed by atoms with E-state index in [0.29, 0.717) is 6.04 Å². The lowest BCUT2D eigenvalue weighted by Crippen LogP contribution is -2.29. The Hall–Kier alpha value is -0.540. The van der Waals surface area contributed by atoms with Gasteiger partial charge in [-0.3, -0.25) is 4.21 Å². The van der Waals surface area contributed by atoms with Crippen LogP contribution in [-0.2, 0) is 10.8 Å². The van der Waals surface area contributed by atoms with Crippen LogP contribution in [0.2, 0.25) is 5.02 Å². The van der Waals surface area contributed by atoms with E-state index in [1.54, 1.807) is 0 Å². The molecule has 0 saturated carbocycles. The van der Waals surface area contributed by atoms with Crippen molar-refractivity contribution in [2.24, 2.45) is 0 Å². The highest BCUT2D eigenvalue weighted by Crippen LogP contribution is 2.27. The molecule has 88 valence electrons. The first-order valence-electron chi connectivity index (χ1n) is 5.53. The summed E-state index contributed by atoms with van der Waals surface area (Å²) in [7, 11) is -0.603. The molecule has 1 aromatic rings. The average molecular weight is 258 g/mol. The largest absolute Gasteiger partial charge is 0.381 e. The van der Waals surface area contributed by atoms with Crippen LogP contribution in [0.4, 0.5) is 5.69 Å². The molecule has 0 atom stereocenters. The molecule has 4 heteroatoms. The van der Waals surface area contributed by atoms with Gasteiger partial charge in [-0.2, -0.15) is 0 Å². The van der Waals surface area contributed by atoms with E-state index in [4.69, 9.17) is 11.6 Å². The minimum Gasteiger partial charge on any atom is -0.381 e. The van der Waals surface area contributed by atoms with Crippen LogP contribution in [0, 0.1) is 6.92 Å². The van der Waals surface area contributed by atoms with Gasteiger partial charge in [-0.25, -0.2) is 0 Å². The van der Waals surface area contributed by atoms with Crippen molar-refractivity contribution < 1.29 is 4.21 Å². The van der Waals surface area contributed by atoms with Gasteiger partial charge in [-0.1, -0.05) is 23.7 Å². The molecule has 1 aliphatic rings. The highest BCUT2D eigenvalue weighted by molar-refractivity contribution is 7.85. The van der Waals surface area contributed by atoms with Gasteiger partial charge in [0, 0.05) is 28.3 Å². The van der Waals surface area contributed by atoms with Crippen LogP contribution in [0.15, 0.2) is 18.2 Å². The molecule has 1 N–H and O–H groups in total. The number of hydrogen-bond donors (Lipinski definition) is 1. The molecule has 1 aliphatic heterocycles. The van der Waals surface area contributed by atoms with Crippen LogP contribution in [0.3, 0.4) is 0 Å². The molecule has 0 amide bonds. The molecule has 0 bridgehead atoms. The van der Waals surface area contributed by atoms with Crippen LogP contribution in [0.25, 0.3) is 0 Å². The molecule has 2 nitrogen and oxygen atoms in total. The lowest BCUT2D eigenvalue weighted by atomic mass is 10.1. The van der Waals surface area contributed by atoms with Gasteiger partial charge in [-0.05, 0) is 31.4 Å². The molecular weight excluding hydrogens is 242 g/mol. The number of nitrogens with one attached hydrogen (secondary N) is 1. The zero-order valence-electron chi connectivity index (χ0n) is 9.33. The second-order valence-electron chi connectivity index (χ2n) is 4.20. The van der Waals surface area contributed by atoms with Crippen molar-refractivity contribution in [3.8, 4) is 0 Å². The minimum absolute atomic E-state index is 0.413. The number of halogens is 1. The van der Waals surface area contributed by atoms with Crippen molar-refractivity contribution in [3.63, 3.8) is 0 Å².